The van der Waals surface area contributed by atoms with Crippen molar-refractivity contribution in [3.05, 3.63) is 78.6 Å². The lowest BCUT2D eigenvalue weighted by Gasteiger charge is -2.12. The number of aromatic nitrogens is 2. The first-order valence-electron chi connectivity index (χ1n) is 8.36. The van der Waals surface area contributed by atoms with Crippen LogP contribution in [0.3, 0.4) is 0 Å². The van der Waals surface area contributed by atoms with Crippen LogP contribution in [0.25, 0.3) is 5.69 Å². The number of nitrogens with one attached hydrogen (secondary N) is 2. The summed E-state index contributed by atoms with van der Waals surface area (Å²) in [6.07, 6.45) is 3.55. The van der Waals surface area contributed by atoms with Gasteiger partial charge in [-0.2, -0.15) is 5.10 Å². The molecule has 6 heteroatoms. The second-order valence-electron chi connectivity index (χ2n) is 5.90. The van der Waals surface area contributed by atoms with Crippen molar-refractivity contribution in [2.75, 3.05) is 11.9 Å². The molecule has 1 aromatic heterocycles. The van der Waals surface area contributed by atoms with E-state index < -0.39 is 0 Å². The maximum atomic E-state index is 12.2. The van der Waals surface area contributed by atoms with Gasteiger partial charge in [0.1, 0.15) is 0 Å². The van der Waals surface area contributed by atoms with Gasteiger partial charge in [-0.1, -0.05) is 30.3 Å². The molecule has 0 aliphatic heterocycles. The van der Waals surface area contributed by atoms with E-state index in [4.69, 9.17) is 0 Å². The molecule has 0 aliphatic carbocycles. The average Bonchev–Trinajstić information content (AvgIpc) is 3.21. The zero-order valence-electron chi connectivity index (χ0n) is 14.4. The van der Waals surface area contributed by atoms with Gasteiger partial charge in [0.15, 0.2) is 0 Å². The van der Waals surface area contributed by atoms with E-state index in [0.29, 0.717) is 5.69 Å². The topological polar surface area (TPSA) is 76.0 Å². The van der Waals surface area contributed by atoms with E-state index in [2.05, 4.69) is 15.7 Å². The fourth-order valence-electron chi connectivity index (χ4n) is 2.54. The van der Waals surface area contributed by atoms with Crippen LogP contribution in [0.1, 0.15) is 18.4 Å². The van der Waals surface area contributed by atoms with Gasteiger partial charge >= 0.3 is 0 Å². The highest BCUT2D eigenvalue weighted by Gasteiger charge is 2.15. The molecule has 0 radical (unpaired) electrons. The minimum Gasteiger partial charge on any atom is -0.347 e. The summed E-state index contributed by atoms with van der Waals surface area (Å²) in [5.74, 6) is -0.761. The first-order valence-corrected chi connectivity index (χ1v) is 8.36. The molecule has 2 amide bonds. The zero-order valence-corrected chi connectivity index (χ0v) is 14.4. The fourth-order valence-corrected chi connectivity index (χ4v) is 2.54. The van der Waals surface area contributed by atoms with Crippen LogP contribution in [-0.2, 0) is 9.59 Å². The maximum Gasteiger partial charge on any atom is 0.243 e. The number of hydrogen-bond acceptors (Lipinski definition) is 3. The number of rotatable bonds is 6. The molecule has 1 heterocycles. The third kappa shape index (κ3) is 4.36. The predicted molar refractivity (Wildman–Crippen MR) is 100 cm³/mol. The Balaban J connectivity index is 1.50. The van der Waals surface area contributed by atoms with Gasteiger partial charge in [-0.15, -0.1) is 0 Å². The van der Waals surface area contributed by atoms with Gasteiger partial charge in [0, 0.05) is 18.1 Å². The summed E-state index contributed by atoms with van der Waals surface area (Å²) in [7, 11) is 0. The van der Waals surface area contributed by atoms with Crippen molar-refractivity contribution in [3.63, 3.8) is 0 Å². The van der Waals surface area contributed by atoms with E-state index in [1.54, 1.807) is 23.0 Å². The van der Waals surface area contributed by atoms with Crippen molar-refractivity contribution in [3.8, 4) is 5.69 Å². The highest BCUT2D eigenvalue weighted by Crippen LogP contribution is 2.14. The Morgan fingerprint density at radius 2 is 1.77 bits per heavy atom. The quantitative estimate of drug-likeness (QED) is 0.719. The summed E-state index contributed by atoms with van der Waals surface area (Å²) in [6.45, 7) is 1.74. The van der Waals surface area contributed by atoms with Crippen LogP contribution in [0.2, 0.25) is 0 Å². The van der Waals surface area contributed by atoms with Crippen molar-refractivity contribution in [1.29, 1.82) is 0 Å². The number of nitrogens with zero attached hydrogens (tertiary/aromatic N) is 2. The van der Waals surface area contributed by atoms with Crippen LogP contribution in [0, 0.1) is 0 Å². The smallest absolute Gasteiger partial charge is 0.243 e. The number of amides is 2. The lowest BCUT2D eigenvalue weighted by atomic mass is 10.0. The molecule has 0 aliphatic rings. The predicted octanol–water partition coefficient (Wildman–Crippen LogP) is 2.73. The molecule has 3 rings (SSSR count). The summed E-state index contributed by atoms with van der Waals surface area (Å²) >= 11 is 0. The fraction of sp³-hybridized carbons (Fsp3) is 0.150. The first-order chi connectivity index (χ1) is 12.6. The minimum absolute atomic E-state index is 0.0725. The largest absolute Gasteiger partial charge is 0.347 e. The van der Waals surface area contributed by atoms with Gasteiger partial charge in [0.2, 0.25) is 11.8 Å². The molecule has 2 N–H and O–H groups in total. The zero-order chi connectivity index (χ0) is 18.4. The van der Waals surface area contributed by atoms with E-state index >= 15 is 0 Å². The highest BCUT2D eigenvalue weighted by molar-refractivity contribution is 5.95. The number of benzene rings is 2. The Hall–Kier alpha value is -3.41. The highest BCUT2D eigenvalue weighted by atomic mass is 16.2. The van der Waals surface area contributed by atoms with E-state index in [-0.39, 0.29) is 24.3 Å². The molecular formula is C20H20N4O2. The molecule has 26 heavy (non-hydrogen) atoms. The van der Waals surface area contributed by atoms with Crippen molar-refractivity contribution in [1.82, 2.24) is 15.1 Å². The molecule has 132 valence electrons. The SMILES string of the molecule is C[C@H](C(=O)NCC(=O)Nc1ccc(-n2cccn2)cc1)c1ccccc1. The molecule has 0 unspecified atom stereocenters. The lowest BCUT2D eigenvalue weighted by Crippen LogP contribution is -2.35. The van der Waals surface area contributed by atoms with Gasteiger partial charge in [0.25, 0.3) is 0 Å². The molecule has 0 saturated heterocycles. The Bertz CT molecular complexity index is 859. The Kier molecular flexibility index (Phi) is 5.43. The summed E-state index contributed by atoms with van der Waals surface area (Å²) in [4.78, 5) is 24.2. The Labute approximate surface area is 151 Å². The number of carbonyl (C=O) groups is 2. The first kappa shape index (κ1) is 17.4. The van der Waals surface area contributed by atoms with E-state index in [1.807, 2.05) is 61.7 Å². The average molecular weight is 348 g/mol. The minimum atomic E-state index is -0.308. The van der Waals surface area contributed by atoms with Crippen LogP contribution in [-0.4, -0.2) is 28.1 Å². The molecule has 0 fully saturated rings. The molecule has 0 spiro atoms. The number of anilines is 1. The third-order valence-corrected chi connectivity index (χ3v) is 4.04. The molecule has 2 aromatic carbocycles. The monoisotopic (exact) mass is 348 g/mol. The lowest BCUT2D eigenvalue weighted by molar-refractivity contribution is -0.125. The molecular weight excluding hydrogens is 328 g/mol. The normalized spacial score (nSPS) is 11.6. The van der Waals surface area contributed by atoms with Crippen LogP contribution >= 0.6 is 0 Å². The second kappa shape index (κ2) is 8.11. The summed E-state index contributed by atoms with van der Waals surface area (Å²) in [6, 6.07) is 18.6. The van der Waals surface area contributed by atoms with Crippen molar-refractivity contribution < 1.29 is 9.59 Å². The molecule has 0 bridgehead atoms. The summed E-state index contributed by atoms with van der Waals surface area (Å²) < 4.78 is 1.73. The standard InChI is InChI=1S/C20H20N4O2/c1-15(16-6-3-2-4-7-16)20(26)21-14-19(25)23-17-8-10-18(11-9-17)24-13-5-12-22-24/h2-13,15H,14H2,1H3,(H,21,26)(H,23,25)/t15-/m0/s1. The van der Waals surface area contributed by atoms with Gasteiger partial charge in [-0.3, -0.25) is 9.59 Å². The Morgan fingerprint density at radius 1 is 1.04 bits per heavy atom. The van der Waals surface area contributed by atoms with Crippen LogP contribution < -0.4 is 10.6 Å². The van der Waals surface area contributed by atoms with Crippen LogP contribution in [0.4, 0.5) is 5.69 Å². The number of hydrogen-bond donors (Lipinski definition) is 2. The molecule has 3 aromatic rings. The second-order valence-corrected chi connectivity index (χ2v) is 5.90. The number of carbonyl (C=O) groups excluding carboxylic acids is 2. The van der Waals surface area contributed by atoms with Gasteiger partial charge in [-0.25, -0.2) is 4.68 Å². The summed E-state index contributed by atoms with van der Waals surface area (Å²) in [5.41, 5.74) is 2.48. The summed E-state index contributed by atoms with van der Waals surface area (Å²) in [5, 5.41) is 9.58. The van der Waals surface area contributed by atoms with Crippen molar-refractivity contribution in [2.45, 2.75) is 12.8 Å². The van der Waals surface area contributed by atoms with E-state index in [0.717, 1.165) is 11.3 Å². The van der Waals surface area contributed by atoms with Gasteiger partial charge in [0.05, 0.1) is 18.2 Å². The van der Waals surface area contributed by atoms with Crippen molar-refractivity contribution in [2.24, 2.45) is 0 Å². The van der Waals surface area contributed by atoms with Gasteiger partial charge < -0.3 is 10.6 Å². The van der Waals surface area contributed by atoms with E-state index in [1.165, 1.54) is 0 Å². The molecule has 1 atom stereocenters. The van der Waals surface area contributed by atoms with Crippen LogP contribution in [0.5, 0.6) is 0 Å². The molecule has 0 saturated carbocycles. The van der Waals surface area contributed by atoms with Crippen molar-refractivity contribution >= 4 is 17.5 Å². The van der Waals surface area contributed by atoms with Crippen LogP contribution in [0.15, 0.2) is 73.1 Å². The maximum absolute atomic E-state index is 12.2. The Morgan fingerprint density at radius 3 is 2.42 bits per heavy atom. The molecule has 6 nitrogen and oxygen atoms in total. The third-order valence-electron chi connectivity index (χ3n) is 4.04. The van der Waals surface area contributed by atoms with E-state index in [9.17, 15) is 9.59 Å². The van der Waals surface area contributed by atoms with Gasteiger partial charge in [-0.05, 0) is 42.8 Å².